The Morgan fingerprint density at radius 3 is 1.53 bits per heavy atom. The highest BCUT2D eigenvalue weighted by atomic mass is 16.5. The molecule has 6 aliphatic rings. The summed E-state index contributed by atoms with van der Waals surface area (Å²) < 4.78 is 5.44. The number of ketones is 1. The molecule has 4 saturated carbocycles. The Morgan fingerprint density at radius 2 is 1.00 bits per heavy atom. The number of rotatable bonds is 17. The lowest BCUT2D eigenvalue weighted by molar-refractivity contribution is -0.135. The number of H-pyrrole nitrogens is 2. The second-order valence-electron chi connectivity index (χ2n) is 23.6. The largest absolute Gasteiger partial charge is 0.427 e. The number of nitrogens with one attached hydrogen (secondary N) is 6. The van der Waals surface area contributed by atoms with E-state index in [2.05, 4.69) is 95.8 Å². The number of aromatic nitrogens is 10. The quantitative estimate of drug-likeness (QED) is 0.0331. The van der Waals surface area contributed by atoms with Gasteiger partial charge in [-0.3, -0.25) is 29.8 Å². The third-order valence-electron chi connectivity index (χ3n) is 17.4. The van der Waals surface area contributed by atoms with Crippen LogP contribution >= 0.6 is 0 Å². The molecule has 6 heterocycles. The van der Waals surface area contributed by atoms with Gasteiger partial charge in [-0.1, -0.05) is 43.9 Å². The van der Waals surface area contributed by atoms with E-state index in [-0.39, 0.29) is 5.97 Å². The summed E-state index contributed by atoms with van der Waals surface area (Å²) in [5, 5.41) is 28.8. The summed E-state index contributed by atoms with van der Waals surface area (Å²) in [4.78, 5) is 51.4. The van der Waals surface area contributed by atoms with Crippen molar-refractivity contribution in [3.05, 3.63) is 138 Å². The molecular formula is C63H79N15O3. The third-order valence-corrected chi connectivity index (χ3v) is 17.4. The van der Waals surface area contributed by atoms with Crippen molar-refractivity contribution in [3.8, 4) is 5.75 Å². The van der Waals surface area contributed by atoms with Gasteiger partial charge in [0.25, 0.3) is 0 Å². The van der Waals surface area contributed by atoms with Gasteiger partial charge in [0.15, 0.2) is 11.6 Å². The van der Waals surface area contributed by atoms with Gasteiger partial charge in [-0.2, -0.15) is 20.2 Å². The predicted molar refractivity (Wildman–Crippen MR) is 315 cm³/mol. The maximum Gasteiger partial charge on any atom is 0.311 e. The number of fused-ring (bicyclic) bond motifs is 2. The number of hydrogen-bond donors (Lipinski definition) is 7. The van der Waals surface area contributed by atoms with Crippen LogP contribution in [0.5, 0.6) is 5.75 Å². The fraction of sp³-hybridized carbons (Fsp3) is 0.492. The van der Waals surface area contributed by atoms with Crippen LogP contribution in [-0.4, -0.2) is 80.2 Å². The number of anilines is 6. The highest BCUT2D eigenvalue weighted by Gasteiger charge is 2.29. The maximum atomic E-state index is 12.8. The Balaban J connectivity index is 0.000000145. The van der Waals surface area contributed by atoms with Crippen LogP contribution in [0.1, 0.15) is 167 Å². The van der Waals surface area contributed by atoms with Gasteiger partial charge in [0.2, 0.25) is 11.9 Å². The minimum Gasteiger partial charge on any atom is -0.427 e. The number of aromatic amines is 2. The van der Waals surface area contributed by atoms with Gasteiger partial charge in [0.05, 0.1) is 0 Å². The number of carbonyl (C=O) groups excluding carboxylic acids is 2. The highest BCUT2D eigenvalue weighted by molar-refractivity contribution is 5.79. The zero-order valence-corrected chi connectivity index (χ0v) is 46.6. The minimum absolute atomic E-state index is 0.154. The average molecular weight is 1090 g/mol. The van der Waals surface area contributed by atoms with Crippen LogP contribution in [0.3, 0.4) is 0 Å². The monoisotopic (exact) mass is 1090 g/mol. The second kappa shape index (κ2) is 27.2. The molecule has 0 saturated heterocycles. The Labute approximate surface area is 475 Å². The van der Waals surface area contributed by atoms with Crippen molar-refractivity contribution in [2.45, 2.75) is 178 Å². The van der Waals surface area contributed by atoms with Crippen molar-refractivity contribution in [1.82, 2.24) is 50.3 Å². The van der Waals surface area contributed by atoms with E-state index in [0.717, 1.165) is 107 Å². The van der Waals surface area contributed by atoms with Crippen LogP contribution in [0.2, 0.25) is 0 Å². The summed E-state index contributed by atoms with van der Waals surface area (Å²) in [6, 6.07) is 22.3. The normalized spacial score (nSPS) is 22.3. The topological polar surface area (TPSA) is 252 Å². The summed E-state index contributed by atoms with van der Waals surface area (Å²) in [5.41, 5.74) is 13.6. The van der Waals surface area contributed by atoms with Crippen molar-refractivity contribution < 1.29 is 14.3 Å². The zero-order chi connectivity index (χ0) is 55.2. The summed E-state index contributed by atoms with van der Waals surface area (Å²) >= 11 is 0. The molecule has 1 aromatic carbocycles. The van der Waals surface area contributed by atoms with Crippen LogP contribution in [0, 0.1) is 17.8 Å². The number of nitrogens with zero attached hydrogens (tertiary/aromatic N) is 8. The Bertz CT molecular complexity index is 3070. The van der Waals surface area contributed by atoms with Crippen LogP contribution in [0.15, 0.2) is 104 Å². The summed E-state index contributed by atoms with van der Waals surface area (Å²) in [6.07, 6.45) is 35.4. The summed E-state index contributed by atoms with van der Waals surface area (Å²) in [6.45, 7) is 0. The minimum atomic E-state index is -0.154. The van der Waals surface area contributed by atoms with Crippen LogP contribution in [-0.2, 0) is 35.3 Å². The molecule has 424 valence electrons. The number of ether oxygens (including phenoxy) is 1. The molecule has 0 spiro atoms. The van der Waals surface area contributed by atoms with Gasteiger partial charge in [-0.25, -0.2) is 9.97 Å². The molecule has 2 atom stereocenters. The van der Waals surface area contributed by atoms with Gasteiger partial charge < -0.3 is 31.7 Å². The molecule has 18 heteroatoms. The van der Waals surface area contributed by atoms with E-state index in [1.807, 2.05) is 67.3 Å². The first-order chi connectivity index (χ1) is 39.7. The number of Topliss-reactive ketones (excluding diaryl/α,β-unsaturated/α-hetero) is 1. The van der Waals surface area contributed by atoms with Crippen LogP contribution in [0.25, 0.3) is 0 Å². The Morgan fingerprint density at radius 1 is 0.519 bits per heavy atom. The predicted octanol–water partition coefficient (Wildman–Crippen LogP) is 11.8. The van der Waals surface area contributed by atoms with E-state index in [1.54, 1.807) is 12.4 Å². The van der Waals surface area contributed by atoms with E-state index in [1.165, 1.54) is 85.0 Å². The van der Waals surface area contributed by atoms with E-state index in [0.29, 0.717) is 84.0 Å². The SMILES string of the molecule is NC1Cc2ccncc2C1.O=C(CC1CCC(Nc2nccc(Nc3cc(C4CCCC4)[nH]n3)n2)CC1)CC1Cc2ccncc2C1.O=C(CC1CCC(Nc2nccc(Nc3cc(C4CCCC4)[nH]n3)n2)CC1)Oc1ccccc1. The second-order valence-corrected chi connectivity index (χ2v) is 23.6. The first-order valence-electron chi connectivity index (χ1n) is 30.0. The van der Waals surface area contributed by atoms with Gasteiger partial charge in [-0.15, -0.1) is 0 Å². The molecule has 4 fully saturated rings. The Kier molecular flexibility index (Phi) is 18.6. The number of para-hydroxylation sites is 1. The number of hydrogen-bond acceptors (Lipinski definition) is 16. The van der Waals surface area contributed by atoms with E-state index in [9.17, 15) is 9.59 Å². The molecule has 0 radical (unpaired) electrons. The molecule has 0 amide bonds. The number of carbonyl (C=O) groups is 2. The smallest absolute Gasteiger partial charge is 0.311 e. The molecule has 0 bridgehead atoms. The molecule has 2 unspecified atom stereocenters. The molecule has 0 aliphatic heterocycles. The molecule has 13 rings (SSSR count). The molecule has 18 nitrogen and oxygen atoms in total. The first kappa shape index (κ1) is 55.3. The van der Waals surface area contributed by atoms with Crippen molar-refractivity contribution in [1.29, 1.82) is 0 Å². The zero-order valence-electron chi connectivity index (χ0n) is 46.6. The molecular weight excluding hydrogens is 1010 g/mol. The molecule has 6 aromatic heterocycles. The number of nitrogens with two attached hydrogens (primary N) is 1. The Hall–Kier alpha value is -7.60. The lowest BCUT2D eigenvalue weighted by Gasteiger charge is -2.29. The van der Waals surface area contributed by atoms with Gasteiger partial charge >= 0.3 is 5.97 Å². The van der Waals surface area contributed by atoms with Crippen molar-refractivity contribution in [2.75, 3.05) is 21.3 Å². The lowest BCUT2D eigenvalue weighted by atomic mass is 9.82. The number of pyridine rings is 2. The van der Waals surface area contributed by atoms with Crippen LogP contribution in [0.4, 0.5) is 35.2 Å². The molecule has 6 aliphatic carbocycles. The van der Waals surface area contributed by atoms with E-state index < -0.39 is 0 Å². The van der Waals surface area contributed by atoms with Gasteiger partial charge in [0, 0.05) is 110 Å². The molecule has 8 N–H and O–H groups in total. The van der Waals surface area contributed by atoms with Gasteiger partial charge in [0.1, 0.15) is 23.2 Å². The van der Waals surface area contributed by atoms with E-state index in [4.69, 9.17) is 10.5 Å². The first-order valence-corrected chi connectivity index (χ1v) is 30.0. The fourth-order valence-electron chi connectivity index (χ4n) is 13.1. The lowest BCUT2D eigenvalue weighted by Crippen LogP contribution is -2.28. The highest BCUT2D eigenvalue weighted by Crippen LogP contribution is 2.37. The van der Waals surface area contributed by atoms with Crippen molar-refractivity contribution in [3.63, 3.8) is 0 Å². The molecule has 7 aromatic rings. The number of esters is 1. The van der Waals surface area contributed by atoms with Gasteiger partial charge in [-0.05, 0) is 179 Å². The maximum absolute atomic E-state index is 12.8. The standard InChI is InChI=1S/C29H37N7O.C26H32N6O2.C8H10N2/c37-25(16-20-13-22-9-11-30-18-23(22)14-20)15-19-5-7-24(8-6-19)32-29-31-12-10-27(34-29)33-28-17-26(35-36-28)21-3-1-2-4-21;33-25(34-21-8-2-1-3-9-21)16-18-10-12-20(13-11-18)28-26-27-15-14-23(30-26)29-24-17-22(31-32-24)19-6-4-5-7-19;9-8-3-6-1-2-10-5-7(6)4-8/h9-12,17-21,24H,1-8,13-16H2,(H3,31,32,33,34,35,36);1-3,8-9,14-15,17-20H,4-7,10-13,16H2,(H3,27,28,29,30,31,32);1-2,5,8H,3-4,9H2. The van der Waals surface area contributed by atoms with Crippen molar-refractivity contribution in [2.24, 2.45) is 23.5 Å². The van der Waals surface area contributed by atoms with E-state index >= 15 is 0 Å². The number of benzene rings is 1. The van der Waals surface area contributed by atoms with Crippen LogP contribution < -0.4 is 31.7 Å². The van der Waals surface area contributed by atoms with Crippen molar-refractivity contribution >= 4 is 46.9 Å². The average Bonchev–Trinajstić information content (AvgIpc) is 4.38. The third kappa shape index (κ3) is 15.9. The summed E-state index contributed by atoms with van der Waals surface area (Å²) in [7, 11) is 0. The molecule has 81 heavy (non-hydrogen) atoms. The summed E-state index contributed by atoms with van der Waals surface area (Å²) in [5.74, 6) is 7.71. The fourth-order valence-corrected chi connectivity index (χ4v) is 13.1.